The third kappa shape index (κ3) is 6.73. The van der Waals surface area contributed by atoms with Crippen molar-refractivity contribution in [1.82, 2.24) is 5.32 Å². The number of rotatable bonds is 10. The van der Waals surface area contributed by atoms with Crippen LogP contribution in [-0.2, 0) is 17.9 Å². The summed E-state index contributed by atoms with van der Waals surface area (Å²) in [4.78, 5) is 4.11. The number of hydrogen-bond acceptors (Lipinski definition) is 5. The van der Waals surface area contributed by atoms with Crippen molar-refractivity contribution in [2.75, 3.05) is 6.54 Å². The normalized spacial score (nSPS) is 12.7. The quantitative estimate of drug-likeness (QED) is 0.187. The Morgan fingerprint density at radius 3 is 2.62 bits per heavy atom. The first-order valence-corrected chi connectivity index (χ1v) is 9.16. The molecule has 4 N–H and O–H groups in total. The predicted octanol–water partition coefficient (Wildman–Crippen LogP) is 3.79. The van der Waals surface area contributed by atoms with E-state index in [4.69, 9.17) is 15.7 Å². The van der Waals surface area contributed by atoms with Crippen LogP contribution in [0.15, 0.2) is 70.6 Å². The van der Waals surface area contributed by atoms with Gasteiger partial charge in [-0.1, -0.05) is 49.3 Å². The second-order valence-electron chi connectivity index (χ2n) is 7.27. The van der Waals surface area contributed by atoms with Crippen molar-refractivity contribution < 1.29 is 14.3 Å². The maximum Gasteiger partial charge on any atom is 0.170 e. The fourth-order valence-electron chi connectivity index (χ4n) is 2.72. The van der Waals surface area contributed by atoms with Gasteiger partial charge in [0.15, 0.2) is 5.84 Å². The first-order chi connectivity index (χ1) is 13.9. The Labute approximate surface area is 170 Å². The van der Waals surface area contributed by atoms with E-state index < -0.39 is 0 Å². The summed E-state index contributed by atoms with van der Waals surface area (Å²) in [5.41, 5.74) is 8.55. The largest absolute Gasteiger partial charge is 0.495 e. The molecule has 0 spiro atoms. The average molecular weight is 398 g/mol. The van der Waals surface area contributed by atoms with E-state index in [2.05, 4.69) is 22.2 Å². The minimum atomic E-state index is -0.326. The van der Waals surface area contributed by atoms with E-state index in [-0.39, 0.29) is 17.1 Å². The molecular weight excluding hydrogens is 371 g/mol. The van der Waals surface area contributed by atoms with E-state index >= 15 is 0 Å². The maximum atomic E-state index is 13.0. The molecule has 0 amide bonds. The lowest BCUT2D eigenvalue weighted by atomic mass is 9.89. The van der Waals surface area contributed by atoms with E-state index in [0.717, 1.165) is 11.1 Å². The molecule has 2 rings (SSSR count). The van der Waals surface area contributed by atoms with Crippen LogP contribution in [0.5, 0.6) is 0 Å². The zero-order chi connectivity index (χ0) is 21.3. The van der Waals surface area contributed by atoms with Gasteiger partial charge in [0.25, 0.3) is 0 Å². The van der Waals surface area contributed by atoms with Gasteiger partial charge in [0.05, 0.1) is 5.70 Å². The lowest BCUT2D eigenvalue weighted by Gasteiger charge is -2.25. The predicted molar refractivity (Wildman–Crippen MR) is 113 cm³/mol. The molecule has 0 saturated carbocycles. The van der Waals surface area contributed by atoms with Gasteiger partial charge in [-0.05, 0) is 36.0 Å². The van der Waals surface area contributed by atoms with Crippen LogP contribution in [0, 0.1) is 11.2 Å². The van der Waals surface area contributed by atoms with Gasteiger partial charge in [-0.3, -0.25) is 4.99 Å². The van der Waals surface area contributed by atoms with Crippen molar-refractivity contribution in [3.8, 4) is 0 Å². The highest BCUT2D eigenvalue weighted by atomic mass is 19.1. The number of benzene rings is 2. The number of nitrogens with one attached hydrogen (secondary N) is 1. The number of oxime groups is 1. The third-order valence-electron chi connectivity index (χ3n) is 4.45. The summed E-state index contributed by atoms with van der Waals surface area (Å²) in [6.07, 6.45) is 1.59. The molecule has 0 heterocycles. The molecule has 154 valence electrons. The SMILES string of the molecule is C=N/C(=C\OCc1ccc(F)cc1)C(C)(C)CNCc1cccc(/C(N)=N/O)c1. The smallest absolute Gasteiger partial charge is 0.170 e. The van der Waals surface area contributed by atoms with Gasteiger partial charge in [-0.15, -0.1) is 0 Å². The molecule has 6 nitrogen and oxygen atoms in total. The Hall–Kier alpha value is -3.19. The maximum absolute atomic E-state index is 13.0. The third-order valence-corrected chi connectivity index (χ3v) is 4.45. The molecule has 0 saturated heterocycles. The van der Waals surface area contributed by atoms with Crippen molar-refractivity contribution in [3.63, 3.8) is 0 Å². The summed E-state index contributed by atoms with van der Waals surface area (Å²) >= 11 is 0. The van der Waals surface area contributed by atoms with Gasteiger partial charge in [-0.2, -0.15) is 0 Å². The van der Waals surface area contributed by atoms with Crippen LogP contribution in [0.4, 0.5) is 4.39 Å². The van der Waals surface area contributed by atoms with Crippen LogP contribution in [-0.4, -0.2) is 24.3 Å². The van der Waals surface area contributed by atoms with Crippen LogP contribution in [0.25, 0.3) is 0 Å². The monoisotopic (exact) mass is 398 g/mol. The number of ether oxygens (including phenoxy) is 1. The molecule has 2 aromatic carbocycles. The molecular formula is C22H27FN4O2. The Bertz CT molecular complexity index is 877. The van der Waals surface area contributed by atoms with Gasteiger partial charge >= 0.3 is 0 Å². The van der Waals surface area contributed by atoms with E-state index in [1.54, 1.807) is 24.5 Å². The Balaban J connectivity index is 1.92. The van der Waals surface area contributed by atoms with Crippen LogP contribution in [0.3, 0.4) is 0 Å². The van der Waals surface area contributed by atoms with E-state index in [9.17, 15) is 4.39 Å². The second-order valence-corrected chi connectivity index (χ2v) is 7.27. The lowest BCUT2D eigenvalue weighted by Crippen LogP contribution is -2.30. The second kappa shape index (κ2) is 10.4. The zero-order valence-corrected chi connectivity index (χ0v) is 16.7. The minimum absolute atomic E-state index is 0.0755. The van der Waals surface area contributed by atoms with Crippen molar-refractivity contribution >= 4 is 12.6 Å². The van der Waals surface area contributed by atoms with Gasteiger partial charge < -0.3 is 21.0 Å². The number of nitrogens with two attached hydrogens (primary N) is 1. The summed E-state index contributed by atoms with van der Waals surface area (Å²) in [6, 6.07) is 13.6. The molecule has 0 unspecified atom stereocenters. The van der Waals surface area contributed by atoms with Gasteiger partial charge in [0.2, 0.25) is 0 Å². The Morgan fingerprint density at radius 1 is 1.24 bits per heavy atom. The van der Waals surface area contributed by atoms with Gasteiger partial charge in [-0.25, -0.2) is 4.39 Å². The van der Waals surface area contributed by atoms with Crippen molar-refractivity contribution in [2.45, 2.75) is 27.0 Å². The standard InChI is InChI=1S/C22H27FN4O2/c1-22(2,15-26-12-17-5-4-6-18(11-17)21(24)27-28)20(25-3)14-29-13-16-7-9-19(23)10-8-16/h4-11,14,26,28H,3,12-13,15H2,1-2H3,(H2,24,27)/b20-14-. The fourth-order valence-corrected chi connectivity index (χ4v) is 2.72. The lowest BCUT2D eigenvalue weighted by molar-refractivity contribution is 0.224. The molecule has 2 aromatic rings. The summed E-state index contributed by atoms with van der Waals surface area (Å²) in [6.45, 7) is 9.28. The molecule has 29 heavy (non-hydrogen) atoms. The molecule has 0 aliphatic heterocycles. The van der Waals surface area contributed by atoms with Gasteiger partial charge in [0, 0.05) is 24.1 Å². The van der Waals surface area contributed by atoms with E-state index in [1.165, 1.54) is 12.1 Å². The minimum Gasteiger partial charge on any atom is -0.495 e. The van der Waals surface area contributed by atoms with Crippen LogP contribution in [0.2, 0.25) is 0 Å². The van der Waals surface area contributed by atoms with Crippen LogP contribution >= 0.6 is 0 Å². The molecule has 7 heteroatoms. The number of hydrogen-bond donors (Lipinski definition) is 3. The Morgan fingerprint density at radius 2 is 1.97 bits per heavy atom. The number of nitrogens with zero attached hydrogens (tertiary/aromatic N) is 2. The van der Waals surface area contributed by atoms with Crippen LogP contribution < -0.4 is 11.1 Å². The average Bonchev–Trinajstić information content (AvgIpc) is 2.72. The summed E-state index contributed by atoms with van der Waals surface area (Å²) in [5.74, 6) is -0.201. The summed E-state index contributed by atoms with van der Waals surface area (Å²) in [5, 5.41) is 15.2. The topological polar surface area (TPSA) is 92.2 Å². The van der Waals surface area contributed by atoms with E-state index in [0.29, 0.717) is 31.0 Å². The fraction of sp³-hybridized carbons (Fsp3) is 0.273. The van der Waals surface area contributed by atoms with Crippen molar-refractivity contribution in [3.05, 3.63) is 83.0 Å². The molecule has 0 fully saturated rings. The molecule has 0 aromatic heterocycles. The number of amidine groups is 1. The first kappa shape index (κ1) is 22.1. The first-order valence-electron chi connectivity index (χ1n) is 9.16. The zero-order valence-electron chi connectivity index (χ0n) is 16.7. The molecule has 0 aliphatic rings. The van der Waals surface area contributed by atoms with Crippen molar-refractivity contribution in [2.24, 2.45) is 21.3 Å². The molecule has 0 atom stereocenters. The highest BCUT2D eigenvalue weighted by Gasteiger charge is 2.23. The van der Waals surface area contributed by atoms with E-state index in [1.807, 2.05) is 32.0 Å². The van der Waals surface area contributed by atoms with Crippen LogP contribution in [0.1, 0.15) is 30.5 Å². The highest BCUT2D eigenvalue weighted by molar-refractivity contribution is 5.97. The van der Waals surface area contributed by atoms with Crippen molar-refractivity contribution in [1.29, 1.82) is 0 Å². The summed E-state index contributed by atoms with van der Waals surface area (Å²) < 4.78 is 18.6. The number of aliphatic imine (C=N–C) groups is 1. The Kier molecular flexibility index (Phi) is 7.91. The number of halogens is 1. The molecule has 0 bridgehead atoms. The highest BCUT2D eigenvalue weighted by Crippen LogP contribution is 2.26. The summed E-state index contributed by atoms with van der Waals surface area (Å²) in [7, 11) is 0. The molecule has 0 radical (unpaired) electrons. The molecule has 0 aliphatic carbocycles. The van der Waals surface area contributed by atoms with Gasteiger partial charge in [0.1, 0.15) is 18.7 Å².